The Kier molecular flexibility index (Phi) is 3.72. The van der Waals surface area contributed by atoms with E-state index in [0.717, 1.165) is 24.8 Å². The van der Waals surface area contributed by atoms with Crippen molar-refractivity contribution in [3.63, 3.8) is 0 Å². The number of hydrogen-bond acceptors (Lipinski definition) is 2. The van der Waals surface area contributed by atoms with Gasteiger partial charge in [-0.25, -0.2) is 0 Å². The van der Waals surface area contributed by atoms with Crippen LogP contribution in [0.15, 0.2) is 11.1 Å². The van der Waals surface area contributed by atoms with Crippen LogP contribution < -0.4 is 0 Å². The second-order valence-corrected chi connectivity index (χ2v) is 5.30. The van der Waals surface area contributed by atoms with E-state index in [2.05, 4.69) is 13.8 Å². The highest BCUT2D eigenvalue weighted by Crippen LogP contribution is 2.41. The van der Waals surface area contributed by atoms with E-state index in [4.69, 9.17) is 0 Å². The molecule has 0 radical (unpaired) electrons. The van der Waals surface area contributed by atoms with Crippen molar-refractivity contribution in [1.82, 2.24) is 0 Å². The molecule has 1 rings (SSSR count). The first-order chi connectivity index (χ1) is 6.84. The third kappa shape index (κ3) is 2.91. The van der Waals surface area contributed by atoms with Gasteiger partial charge in [-0.15, -0.1) is 0 Å². The highest BCUT2D eigenvalue weighted by atomic mass is 16.3. The fourth-order valence-electron chi connectivity index (χ4n) is 2.32. The van der Waals surface area contributed by atoms with E-state index in [-0.39, 0.29) is 17.3 Å². The molecule has 2 heteroatoms. The van der Waals surface area contributed by atoms with Crippen LogP contribution in [0.5, 0.6) is 0 Å². The number of rotatable bonds is 3. The summed E-state index contributed by atoms with van der Waals surface area (Å²) in [6, 6.07) is 0. The van der Waals surface area contributed by atoms with Crippen molar-refractivity contribution in [3.8, 4) is 0 Å². The number of aliphatic hydroxyl groups is 1. The van der Waals surface area contributed by atoms with Crippen molar-refractivity contribution in [2.75, 3.05) is 0 Å². The lowest BCUT2D eigenvalue weighted by molar-refractivity contribution is -0.116. The normalized spacial score (nSPS) is 23.1. The van der Waals surface area contributed by atoms with Crippen molar-refractivity contribution in [1.29, 1.82) is 0 Å². The molecule has 1 unspecified atom stereocenters. The maximum Gasteiger partial charge on any atom is 0.158 e. The van der Waals surface area contributed by atoms with Gasteiger partial charge in [0.2, 0.25) is 0 Å². The van der Waals surface area contributed by atoms with Gasteiger partial charge >= 0.3 is 0 Å². The Bertz CT molecular complexity index is 285. The number of Topliss-reactive ketones (excluding diaryl/α,β-unsaturated/α-hetero) is 1. The number of hydrogen-bond donors (Lipinski definition) is 1. The van der Waals surface area contributed by atoms with Crippen LogP contribution in [0.25, 0.3) is 0 Å². The molecule has 0 heterocycles. The minimum Gasteiger partial charge on any atom is -0.393 e. The molecule has 0 saturated heterocycles. The summed E-state index contributed by atoms with van der Waals surface area (Å²) >= 11 is 0. The van der Waals surface area contributed by atoms with Crippen molar-refractivity contribution < 1.29 is 9.90 Å². The van der Waals surface area contributed by atoms with Crippen molar-refractivity contribution >= 4 is 5.78 Å². The van der Waals surface area contributed by atoms with Crippen molar-refractivity contribution in [3.05, 3.63) is 11.1 Å². The van der Waals surface area contributed by atoms with Crippen LogP contribution in [0.1, 0.15) is 53.4 Å². The summed E-state index contributed by atoms with van der Waals surface area (Å²) < 4.78 is 0. The minimum absolute atomic E-state index is 0.132. The van der Waals surface area contributed by atoms with Crippen LogP contribution in [-0.2, 0) is 4.79 Å². The monoisotopic (exact) mass is 210 g/mol. The van der Waals surface area contributed by atoms with Gasteiger partial charge in [-0.1, -0.05) is 19.4 Å². The van der Waals surface area contributed by atoms with Crippen LogP contribution in [0.4, 0.5) is 0 Å². The van der Waals surface area contributed by atoms with Crippen molar-refractivity contribution in [2.24, 2.45) is 5.41 Å². The predicted molar refractivity (Wildman–Crippen MR) is 61.6 cm³/mol. The third-order valence-electron chi connectivity index (χ3n) is 3.48. The molecule has 0 aromatic rings. The van der Waals surface area contributed by atoms with E-state index >= 15 is 0 Å². The zero-order valence-corrected chi connectivity index (χ0v) is 10.3. The summed E-state index contributed by atoms with van der Waals surface area (Å²) in [5.74, 6) is 0.287. The smallest absolute Gasteiger partial charge is 0.158 e. The van der Waals surface area contributed by atoms with E-state index in [9.17, 15) is 9.90 Å². The van der Waals surface area contributed by atoms with Crippen LogP contribution in [-0.4, -0.2) is 17.0 Å². The number of carbonyl (C=O) groups is 1. The number of ketones is 1. The van der Waals surface area contributed by atoms with Gasteiger partial charge < -0.3 is 5.11 Å². The van der Waals surface area contributed by atoms with Gasteiger partial charge in [0.1, 0.15) is 0 Å². The second kappa shape index (κ2) is 4.48. The summed E-state index contributed by atoms with van der Waals surface area (Å²) in [6.45, 7) is 8.12. The van der Waals surface area contributed by atoms with E-state index in [0.29, 0.717) is 6.42 Å². The Morgan fingerprint density at radius 3 is 2.60 bits per heavy atom. The molecular weight excluding hydrogens is 188 g/mol. The lowest BCUT2D eigenvalue weighted by atomic mass is 9.70. The highest BCUT2D eigenvalue weighted by Gasteiger charge is 2.31. The molecule has 1 N–H and O–H groups in total. The zero-order valence-electron chi connectivity index (χ0n) is 10.3. The molecule has 0 bridgehead atoms. The van der Waals surface area contributed by atoms with E-state index in [1.54, 1.807) is 6.92 Å². The molecule has 0 fully saturated rings. The Balaban J connectivity index is 2.87. The first kappa shape index (κ1) is 12.4. The summed E-state index contributed by atoms with van der Waals surface area (Å²) in [4.78, 5) is 11.6. The predicted octanol–water partition coefficient (Wildman–Crippen LogP) is 2.85. The molecule has 1 aliphatic rings. The zero-order chi connectivity index (χ0) is 11.6. The number of aliphatic hydroxyl groups excluding tert-OH is 1. The van der Waals surface area contributed by atoms with Gasteiger partial charge in [-0.05, 0) is 44.1 Å². The molecule has 1 aliphatic carbocycles. The summed E-state index contributed by atoms with van der Waals surface area (Å²) in [7, 11) is 0. The van der Waals surface area contributed by atoms with Gasteiger partial charge in [0.25, 0.3) is 0 Å². The molecule has 0 aliphatic heterocycles. The molecule has 0 aromatic carbocycles. The molecule has 0 saturated carbocycles. The fraction of sp³-hybridized carbons (Fsp3) is 0.769. The SMILES string of the molecule is CC1=C(CCC(C)O)C(C)(C)CCC1=O. The summed E-state index contributed by atoms with van der Waals surface area (Å²) in [6.07, 6.45) is 2.94. The van der Waals surface area contributed by atoms with Crippen LogP contribution in [0.3, 0.4) is 0 Å². The van der Waals surface area contributed by atoms with E-state index in [1.807, 2.05) is 6.92 Å². The van der Waals surface area contributed by atoms with E-state index < -0.39 is 0 Å². The molecule has 2 nitrogen and oxygen atoms in total. The molecule has 86 valence electrons. The van der Waals surface area contributed by atoms with Gasteiger partial charge in [-0.2, -0.15) is 0 Å². The molecule has 1 atom stereocenters. The second-order valence-electron chi connectivity index (χ2n) is 5.30. The number of carbonyl (C=O) groups excluding carboxylic acids is 1. The third-order valence-corrected chi connectivity index (χ3v) is 3.48. The Morgan fingerprint density at radius 2 is 2.07 bits per heavy atom. The standard InChI is InChI=1S/C13H22O2/c1-9(14)5-6-11-10(2)12(15)7-8-13(11,3)4/h9,14H,5-8H2,1-4H3. The lowest BCUT2D eigenvalue weighted by Gasteiger charge is -2.34. The van der Waals surface area contributed by atoms with Gasteiger partial charge in [0, 0.05) is 6.42 Å². The van der Waals surface area contributed by atoms with Gasteiger partial charge in [0.05, 0.1) is 6.10 Å². The first-order valence-corrected chi connectivity index (χ1v) is 5.76. The van der Waals surface area contributed by atoms with E-state index in [1.165, 1.54) is 5.57 Å². The maximum atomic E-state index is 11.6. The Labute approximate surface area is 92.4 Å². The lowest BCUT2D eigenvalue weighted by Crippen LogP contribution is -2.25. The average molecular weight is 210 g/mol. The molecule has 0 aromatic heterocycles. The van der Waals surface area contributed by atoms with Crippen LogP contribution in [0, 0.1) is 5.41 Å². The largest absolute Gasteiger partial charge is 0.393 e. The average Bonchev–Trinajstić information content (AvgIpc) is 2.11. The molecular formula is C13H22O2. The topological polar surface area (TPSA) is 37.3 Å². The first-order valence-electron chi connectivity index (χ1n) is 5.76. The van der Waals surface area contributed by atoms with Gasteiger partial charge in [-0.3, -0.25) is 4.79 Å². The maximum absolute atomic E-state index is 11.6. The van der Waals surface area contributed by atoms with Crippen molar-refractivity contribution in [2.45, 2.75) is 59.5 Å². The quantitative estimate of drug-likeness (QED) is 0.777. The van der Waals surface area contributed by atoms with Crippen LogP contribution >= 0.6 is 0 Å². The fourth-order valence-corrected chi connectivity index (χ4v) is 2.32. The highest BCUT2D eigenvalue weighted by molar-refractivity contribution is 5.96. The van der Waals surface area contributed by atoms with Gasteiger partial charge in [0.15, 0.2) is 5.78 Å². The number of allylic oxidation sites excluding steroid dienone is 2. The summed E-state index contributed by atoms with van der Waals surface area (Å²) in [5, 5.41) is 9.30. The molecule has 15 heavy (non-hydrogen) atoms. The Hall–Kier alpha value is -0.630. The molecule has 0 spiro atoms. The minimum atomic E-state index is -0.280. The Morgan fingerprint density at radius 1 is 1.47 bits per heavy atom. The van der Waals surface area contributed by atoms with Crippen LogP contribution in [0.2, 0.25) is 0 Å². The molecule has 0 amide bonds. The summed E-state index contributed by atoms with van der Waals surface area (Å²) in [5.41, 5.74) is 2.32.